The molecule has 1 atom stereocenters. The highest BCUT2D eigenvalue weighted by Gasteiger charge is 2.60. The Morgan fingerprint density at radius 1 is 1.42 bits per heavy atom. The maximum atomic E-state index is 15.0. The summed E-state index contributed by atoms with van der Waals surface area (Å²) in [6.07, 6.45) is -0.320. The van der Waals surface area contributed by atoms with E-state index in [9.17, 15) is 18.0 Å². The van der Waals surface area contributed by atoms with Crippen molar-refractivity contribution in [2.24, 2.45) is 10.7 Å². The van der Waals surface area contributed by atoms with E-state index >= 15 is 0 Å². The van der Waals surface area contributed by atoms with Crippen LogP contribution >= 0.6 is 0 Å². The molecule has 3 rings (SSSR count). The largest absolute Gasteiger partial charge is 0.459 e. The summed E-state index contributed by atoms with van der Waals surface area (Å²) in [6, 6.07) is 4.72. The summed E-state index contributed by atoms with van der Waals surface area (Å²) in [6.45, 7) is 0.216. The lowest BCUT2D eigenvalue weighted by Crippen LogP contribution is -2.54. The first kappa shape index (κ1) is 23.7. The number of halogens is 3. The summed E-state index contributed by atoms with van der Waals surface area (Å²) in [5.41, 5.74) is 2.91. The van der Waals surface area contributed by atoms with Gasteiger partial charge in [-0.15, -0.1) is 0 Å². The van der Waals surface area contributed by atoms with Crippen LogP contribution in [0.1, 0.15) is 23.2 Å². The Hall–Kier alpha value is -3.92. The Balaban J connectivity index is 1.93. The number of pyridine rings is 2. The number of alkyl halides is 2. The Labute approximate surface area is 186 Å². The van der Waals surface area contributed by atoms with E-state index in [-0.39, 0.29) is 23.9 Å². The number of aliphatic imine (C=N–C) groups is 1. The van der Waals surface area contributed by atoms with Gasteiger partial charge in [0.25, 0.3) is 6.02 Å². The van der Waals surface area contributed by atoms with Gasteiger partial charge in [-0.3, -0.25) is 5.32 Å². The monoisotopic (exact) mass is 464 g/mol. The molecule has 1 aliphatic rings. The maximum Gasteiger partial charge on any atom is 0.419 e. The van der Waals surface area contributed by atoms with Crippen molar-refractivity contribution in [3.8, 4) is 11.9 Å². The van der Waals surface area contributed by atoms with Crippen molar-refractivity contribution >= 4 is 17.9 Å². The molecule has 3 N–H and O–H groups in total. The number of hydrogen-bond donors (Lipinski definition) is 2. The van der Waals surface area contributed by atoms with Crippen LogP contribution in [-0.2, 0) is 15.0 Å². The lowest BCUT2D eigenvalue weighted by molar-refractivity contribution is -0.131. The molecule has 1 amide bonds. The Kier molecular flexibility index (Phi) is 6.68. The van der Waals surface area contributed by atoms with Crippen molar-refractivity contribution in [1.29, 1.82) is 5.26 Å². The fraction of sp³-hybridized carbons (Fsp3) is 0.350. The van der Waals surface area contributed by atoms with Gasteiger partial charge < -0.3 is 19.9 Å². The van der Waals surface area contributed by atoms with Gasteiger partial charge in [-0.1, -0.05) is 0 Å². The highest BCUT2D eigenvalue weighted by molar-refractivity contribution is 5.85. The molecule has 2 aromatic heterocycles. The number of aryl methyl sites for hydroxylation is 1. The van der Waals surface area contributed by atoms with E-state index in [1.807, 2.05) is 6.07 Å². The number of nitrogens with zero attached hydrogens (tertiary/aromatic N) is 4. The number of amides is 1. The quantitative estimate of drug-likeness (QED) is 0.664. The summed E-state index contributed by atoms with van der Waals surface area (Å²) in [4.78, 5) is 23.7. The second kappa shape index (κ2) is 9.29. The molecule has 0 radical (unpaired) electrons. The molecule has 0 fully saturated rings. The first-order valence-electron chi connectivity index (χ1n) is 9.49. The number of amidine groups is 1. The molecule has 3 heterocycles. The van der Waals surface area contributed by atoms with Crippen LogP contribution in [-0.4, -0.2) is 48.3 Å². The Morgan fingerprint density at radius 3 is 2.85 bits per heavy atom. The van der Waals surface area contributed by atoms with Crippen LogP contribution in [0.4, 0.5) is 23.8 Å². The molecule has 33 heavy (non-hydrogen) atoms. The summed E-state index contributed by atoms with van der Waals surface area (Å²) >= 11 is 0. The molecule has 0 spiro atoms. The van der Waals surface area contributed by atoms with Crippen LogP contribution in [0.2, 0.25) is 0 Å². The zero-order valence-corrected chi connectivity index (χ0v) is 17.6. The first-order valence-corrected chi connectivity index (χ1v) is 9.49. The molecular formula is C20H19F3N6O4. The van der Waals surface area contributed by atoms with E-state index in [0.717, 1.165) is 12.1 Å². The first-order chi connectivity index (χ1) is 15.6. The molecule has 2 aromatic rings. The Bertz CT molecular complexity index is 1140. The summed E-state index contributed by atoms with van der Waals surface area (Å²) in [7, 11) is 1.29. The predicted molar refractivity (Wildman–Crippen MR) is 108 cm³/mol. The van der Waals surface area contributed by atoms with Crippen molar-refractivity contribution in [1.82, 2.24) is 9.97 Å². The van der Waals surface area contributed by atoms with E-state index in [1.54, 1.807) is 6.92 Å². The minimum atomic E-state index is -3.69. The predicted octanol–water partition coefficient (Wildman–Crippen LogP) is 2.62. The average Bonchev–Trinajstić information content (AvgIpc) is 2.77. The molecule has 0 bridgehead atoms. The number of methoxy groups -OCH3 is 1. The van der Waals surface area contributed by atoms with Gasteiger partial charge >= 0.3 is 12.0 Å². The highest BCUT2D eigenvalue weighted by atomic mass is 19.3. The summed E-state index contributed by atoms with van der Waals surface area (Å²) < 4.78 is 59.3. The van der Waals surface area contributed by atoms with Crippen LogP contribution in [0.25, 0.3) is 0 Å². The lowest BCUT2D eigenvalue weighted by Gasteiger charge is -2.39. The second-order valence-electron chi connectivity index (χ2n) is 7.05. The molecule has 0 aliphatic carbocycles. The van der Waals surface area contributed by atoms with Crippen LogP contribution in [0.3, 0.4) is 0 Å². The number of carbonyl (C=O) groups excluding carboxylic acids is 1. The van der Waals surface area contributed by atoms with E-state index in [0.29, 0.717) is 5.56 Å². The van der Waals surface area contributed by atoms with Crippen molar-refractivity contribution in [3.63, 3.8) is 0 Å². The van der Waals surface area contributed by atoms with Crippen LogP contribution in [0.15, 0.2) is 29.4 Å². The van der Waals surface area contributed by atoms with E-state index in [1.165, 1.54) is 19.4 Å². The molecule has 0 saturated heterocycles. The molecule has 0 saturated carbocycles. The molecular weight excluding hydrogens is 445 g/mol. The standard InChI is InChI=1S/C20H19F3N6O4/c1-11-7-12(8-24)9-26-16(11)33-18(30)28-14-4-3-13(21)15(27-14)19(5-6-31-2)20(22,23)10-32-17(25)29-19/h3-4,7,9H,5-6,10H2,1-2H3,(H2,25,29)(H,27,28,30)/t19-/m1/s1. The van der Waals surface area contributed by atoms with Gasteiger partial charge in [0.2, 0.25) is 5.88 Å². The fourth-order valence-electron chi connectivity index (χ4n) is 3.17. The third-order valence-corrected chi connectivity index (χ3v) is 4.79. The van der Waals surface area contributed by atoms with E-state index < -0.39 is 48.1 Å². The zero-order valence-electron chi connectivity index (χ0n) is 17.6. The van der Waals surface area contributed by atoms with Crippen molar-refractivity contribution in [3.05, 3.63) is 47.0 Å². The third kappa shape index (κ3) is 4.80. The van der Waals surface area contributed by atoms with Gasteiger partial charge in [-0.05, 0) is 25.1 Å². The van der Waals surface area contributed by atoms with Gasteiger partial charge in [0.15, 0.2) is 12.1 Å². The zero-order chi connectivity index (χ0) is 24.2. The van der Waals surface area contributed by atoms with E-state index in [4.69, 9.17) is 20.5 Å². The van der Waals surface area contributed by atoms with Gasteiger partial charge in [-0.25, -0.2) is 24.1 Å². The summed E-state index contributed by atoms with van der Waals surface area (Å²) in [5, 5.41) is 11.1. The van der Waals surface area contributed by atoms with Crippen LogP contribution < -0.4 is 15.8 Å². The minimum absolute atomic E-state index is 0.0845. The highest BCUT2D eigenvalue weighted by Crippen LogP contribution is 2.46. The number of anilines is 1. The summed E-state index contributed by atoms with van der Waals surface area (Å²) in [5.74, 6) is -5.15. The smallest absolute Gasteiger partial charge is 0.419 e. The van der Waals surface area contributed by atoms with E-state index in [2.05, 4.69) is 25.0 Å². The van der Waals surface area contributed by atoms with Crippen LogP contribution in [0, 0.1) is 24.1 Å². The van der Waals surface area contributed by atoms with Crippen molar-refractivity contribution in [2.45, 2.75) is 24.8 Å². The molecule has 174 valence electrons. The minimum Gasteiger partial charge on any atom is -0.459 e. The third-order valence-electron chi connectivity index (χ3n) is 4.79. The SMILES string of the molecule is COCC[C@]1(c2nc(NC(=O)Oc3ncc(C#N)cc3C)ccc2F)N=C(N)OCC1(F)F. The van der Waals surface area contributed by atoms with Gasteiger partial charge in [0, 0.05) is 31.9 Å². The number of nitrogens with two attached hydrogens (primary N) is 1. The van der Waals surface area contributed by atoms with Gasteiger partial charge in [0.05, 0.1) is 5.56 Å². The topological polar surface area (TPSA) is 145 Å². The number of nitrogens with one attached hydrogen (secondary N) is 1. The average molecular weight is 464 g/mol. The second-order valence-corrected chi connectivity index (χ2v) is 7.05. The van der Waals surface area contributed by atoms with Gasteiger partial charge in [-0.2, -0.15) is 14.0 Å². The van der Waals surface area contributed by atoms with Crippen molar-refractivity contribution in [2.75, 3.05) is 25.6 Å². The molecule has 0 unspecified atom stereocenters. The Morgan fingerprint density at radius 2 is 2.18 bits per heavy atom. The number of aromatic nitrogens is 2. The molecule has 10 nitrogen and oxygen atoms in total. The fourth-order valence-corrected chi connectivity index (χ4v) is 3.17. The number of rotatable bonds is 6. The number of hydrogen-bond acceptors (Lipinski definition) is 9. The maximum absolute atomic E-state index is 15.0. The normalized spacial score (nSPS) is 19.1. The lowest BCUT2D eigenvalue weighted by atomic mass is 9.83. The number of nitriles is 1. The molecule has 0 aromatic carbocycles. The van der Waals surface area contributed by atoms with Crippen molar-refractivity contribution < 1.29 is 32.2 Å². The molecule has 13 heteroatoms. The number of carbonyl (C=O) groups is 1. The number of ether oxygens (including phenoxy) is 3. The van der Waals surface area contributed by atoms with Crippen LogP contribution in [0.5, 0.6) is 5.88 Å². The van der Waals surface area contributed by atoms with Gasteiger partial charge in [0.1, 0.15) is 23.4 Å². The molecule has 1 aliphatic heterocycles.